The highest BCUT2D eigenvalue weighted by Gasteiger charge is 2.41. The molecule has 2 unspecified atom stereocenters. The van der Waals surface area contributed by atoms with Gasteiger partial charge >= 0.3 is 5.97 Å². The summed E-state index contributed by atoms with van der Waals surface area (Å²) >= 11 is 0. The molecule has 4 atom stereocenters. The van der Waals surface area contributed by atoms with E-state index >= 15 is 0 Å². The maximum absolute atomic E-state index is 13.8. The number of carbonyl (C=O) groups excluding carboxylic acids is 7. The first-order chi connectivity index (χ1) is 25.5. The van der Waals surface area contributed by atoms with Crippen molar-refractivity contribution in [2.45, 2.75) is 111 Å². The average Bonchev–Trinajstić information content (AvgIpc) is 3.59. The first-order valence-corrected chi connectivity index (χ1v) is 18.8. The van der Waals surface area contributed by atoms with Crippen molar-refractivity contribution in [2.75, 3.05) is 52.5 Å². The van der Waals surface area contributed by atoms with Gasteiger partial charge in [-0.1, -0.05) is 46.8 Å². The minimum Gasteiger partial charge on any atom is -0.450 e. The first-order valence-electron chi connectivity index (χ1n) is 18.8. The van der Waals surface area contributed by atoms with Crippen molar-refractivity contribution in [1.29, 1.82) is 0 Å². The second kappa shape index (κ2) is 22.7. The number of morpholine rings is 1. The highest BCUT2D eigenvalue weighted by Crippen LogP contribution is 2.22. The van der Waals surface area contributed by atoms with Crippen molar-refractivity contribution in [3.63, 3.8) is 0 Å². The largest absolute Gasteiger partial charge is 0.450 e. The maximum atomic E-state index is 13.8. The Morgan fingerprint density at radius 3 is 1.98 bits per heavy atom. The quantitative estimate of drug-likeness (QED) is 0.0914. The predicted octanol–water partition coefficient (Wildman–Crippen LogP) is -0.185. The zero-order valence-corrected chi connectivity index (χ0v) is 33.1. The van der Waals surface area contributed by atoms with Crippen LogP contribution in [-0.2, 0) is 49.5 Å². The summed E-state index contributed by atoms with van der Waals surface area (Å²) in [6.07, 6.45) is 3.02. The Kier molecular flexibility index (Phi) is 19.2. The van der Waals surface area contributed by atoms with E-state index in [4.69, 9.17) is 9.47 Å². The molecule has 18 nitrogen and oxygen atoms in total. The van der Waals surface area contributed by atoms with E-state index in [1.165, 1.54) is 6.92 Å². The zero-order chi connectivity index (χ0) is 40.4. The molecule has 1 fully saturated rings. The SMILES string of the molecule is CCC(C)n1cc(CC(=O)NCC(=O)OC(C)(CC)C(=O)[C@H](CC(C)C)NC(=O)CNC(=O)[C@H](CC(C)C)NC(=O)CNC(=O)CN2CCOCC2)nn1. The van der Waals surface area contributed by atoms with Crippen LogP contribution in [0, 0.1) is 11.8 Å². The molecule has 1 saturated heterocycles. The number of rotatable bonds is 23. The van der Waals surface area contributed by atoms with E-state index < -0.39 is 66.2 Å². The number of nitrogens with zero attached hydrogens (tertiary/aromatic N) is 4. The van der Waals surface area contributed by atoms with Crippen molar-refractivity contribution in [3.8, 4) is 0 Å². The lowest BCUT2D eigenvalue weighted by atomic mass is 9.88. The summed E-state index contributed by atoms with van der Waals surface area (Å²) in [7, 11) is 0. The number of hydrogen-bond donors (Lipinski definition) is 5. The van der Waals surface area contributed by atoms with Crippen LogP contribution in [0.25, 0.3) is 0 Å². The van der Waals surface area contributed by atoms with E-state index in [0.717, 1.165) is 6.42 Å². The number of esters is 1. The second-order valence-corrected chi connectivity index (χ2v) is 14.7. The molecule has 304 valence electrons. The normalized spacial score (nSPS) is 16.0. The fourth-order valence-electron chi connectivity index (χ4n) is 5.53. The third-order valence-electron chi connectivity index (χ3n) is 8.96. The molecule has 54 heavy (non-hydrogen) atoms. The number of ether oxygens (including phenoxy) is 2. The molecule has 1 aromatic heterocycles. The number of carbonyl (C=O) groups is 7. The molecule has 1 aliphatic heterocycles. The summed E-state index contributed by atoms with van der Waals surface area (Å²) in [4.78, 5) is 92.2. The molecule has 0 spiro atoms. The van der Waals surface area contributed by atoms with E-state index in [9.17, 15) is 33.6 Å². The van der Waals surface area contributed by atoms with Gasteiger partial charge < -0.3 is 36.1 Å². The Labute approximate surface area is 317 Å². The van der Waals surface area contributed by atoms with Crippen LogP contribution in [0.4, 0.5) is 0 Å². The molecule has 2 heterocycles. The number of ketones is 1. The third kappa shape index (κ3) is 16.3. The second-order valence-electron chi connectivity index (χ2n) is 14.7. The molecule has 18 heteroatoms. The Morgan fingerprint density at radius 2 is 1.39 bits per heavy atom. The van der Waals surface area contributed by atoms with Crippen molar-refractivity contribution in [2.24, 2.45) is 11.8 Å². The Morgan fingerprint density at radius 1 is 0.815 bits per heavy atom. The molecule has 1 aliphatic rings. The summed E-state index contributed by atoms with van der Waals surface area (Å²) in [6.45, 7) is 15.7. The van der Waals surface area contributed by atoms with Crippen molar-refractivity contribution in [1.82, 2.24) is 46.5 Å². The predicted molar refractivity (Wildman–Crippen MR) is 198 cm³/mol. The van der Waals surface area contributed by atoms with Gasteiger partial charge in [-0.15, -0.1) is 5.10 Å². The standard InChI is InChI=1S/C36H61N9O9/c1-9-25(7)45-21-26(42-43-45)17-29(46)38-20-33(50)54-36(8,10-2)34(51)27(15-23(3)4)40-31(48)19-39-35(52)28(16-24(5)6)41-30(47)18-37-32(49)22-44-11-13-53-14-12-44/h21,23-25,27-28H,9-20,22H2,1-8H3,(H,37,49)(H,38,46)(H,39,52)(H,40,48)(H,41,47)/t25?,27-,28-,36?/m0/s1. The molecule has 5 N–H and O–H groups in total. The highest BCUT2D eigenvalue weighted by molar-refractivity contribution is 5.97. The van der Waals surface area contributed by atoms with Crippen LogP contribution in [-0.4, -0.2) is 131 Å². The molecule has 0 aliphatic carbocycles. The monoisotopic (exact) mass is 763 g/mol. The van der Waals surface area contributed by atoms with E-state index in [1.54, 1.807) is 17.8 Å². The zero-order valence-electron chi connectivity index (χ0n) is 33.1. The molecule has 1 aromatic rings. The van der Waals surface area contributed by atoms with Gasteiger partial charge in [-0.25, -0.2) is 4.68 Å². The molecule has 0 radical (unpaired) electrons. The molecule has 0 aromatic carbocycles. The summed E-state index contributed by atoms with van der Waals surface area (Å²) < 4.78 is 12.5. The molecule has 0 saturated carbocycles. The Hall–Kier alpha value is -4.45. The summed E-state index contributed by atoms with van der Waals surface area (Å²) in [6, 6.07) is -1.91. The lowest BCUT2D eigenvalue weighted by molar-refractivity contribution is -0.167. The molecular weight excluding hydrogens is 702 g/mol. The average molecular weight is 764 g/mol. The van der Waals surface area contributed by atoms with Crippen LogP contribution in [0.1, 0.15) is 92.8 Å². The summed E-state index contributed by atoms with van der Waals surface area (Å²) in [5, 5.41) is 20.9. The van der Waals surface area contributed by atoms with Gasteiger partial charge in [0.15, 0.2) is 11.4 Å². The summed E-state index contributed by atoms with van der Waals surface area (Å²) in [5.41, 5.74) is -1.18. The van der Waals surface area contributed by atoms with Gasteiger partial charge in [0.1, 0.15) is 12.6 Å². The van der Waals surface area contributed by atoms with E-state index in [1.807, 2.05) is 46.4 Å². The van der Waals surface area contributed by atoms with Crippen LogP contribution < -0.4 is 26.6 Å². The van der Waals surface area contributed by atoms with Crippen LogP contribution in [0.3, 0.4) is 0 Å². The minimum absolute atomic E-state index is 0.0122. The van der Waals surface area contributed by atoms with Gasteiger partial charge in [0.2, 0.25) is 29.5 Å². The van der Waals surface area contributed by atoms with E-state index in [0.29, 0.717) is 32.0 Å². The van der Waals surface area contributed by atoms with Crippen LogP contribution in [0.5, 0.6) is 0 Å². The van der Waals surface area contributed by atoms with Crippen molar-refractivity contribution in [3.05, 3.63) is 11.9 Å². The molecule has 2 rings (SSSR count). The van der Waals surface area contributed by atoms with Gasteiger partial charge in [0.05, 0.1) is 57.0 Å². The number of nitrogens with one attached hydrogen (secondary N) is 5. The van der Waals surface area contributed by atoms with Crippen LogP contribution in [0.15, 0.2) is 6.20 Å². The van der Waals surface area contributed by atoms with Gasteiger partial charge in [-0.05, 0) is 51.4 Å². The number of amides is 5. The lowest BCUT2D eigenvalue weighted by Gasteiger charge is -2.32. The summed E-state index contributed by atoms with van der Waals surface area (Å²) in [5.74, 6) is -4.02. The maximum Gasteiger partial charge on any atom is 0.326 e. The lowest BCUT2D eigenvalue weighted by Crippen LogP contribution is -2.55. The first kappa shape index (κ1) is 45.7. The fourth-order valence-corrected chi connectivity index (χ4v) is 5.53. The van der Waals surface area contributed by atoms with Crippen LogP contribution in [0.2, 0.25) is 0 Å². The highest BCUT2D eigenvalue weighted by atomic mass is 16.6. The Balaban J connectivity index is 1.93. The van der Waals surface area contributed by atoms with Crippen molar-refractivity contribution < 1.29 is 43.0 Å². The van der Waals surface area contributed by atoms with Gasteiger partial charge in [0.25, 0.3) is 0 Å². The minimum atomic E-state index is -1.62. The van der Waals surface area contributed by atoms with Gasteiger partial charge in [-0.2, -0.15) is 0 Å². The molecular formula is C36H61N9O9. The van der Waals surface area contributed by atoms with E-state index in [2.05, 4.69) is 36.9 Å². The Bertz CT molecular complexity index is 1430. The van der Waals surface area contributed by atoms with Gasteiger partial charge in [0, 0.05) is 19.3 Å². The third-order valence-corrected chi connectivity index (χ3v) is 8.96. The topological polar surface area (TPSA) is 232 Å². The number of aromatic nitrogens is 3. The van der Waals surface area contributed by atoms with Crippen LogP contribution >= 0.6 is 0 Å². The van der Waals surface area contributed by atoms with Crippen molar-refractivity contribution >= 4 is 41.3 Å². The smallest absolute Gasteiger partial charge is 0.326 e. The fraction of sp³-hybridized carbons (Fsp3) is 0.750. The van der Waals surface area contributed by atoms with Gasteiger partial charge in [-0.3, -0.25) is 38.5 Å². The molecule has 5 amide bonds. The number of Topliss-reactive ketones (excluding diaryl/α,β-unsaturated/α-hetero) is 1. The molecule has 0 bridgehead atoms. The number of hydrogen-bond acceptors (Lipinski definition) is 12. The van der Waals surface area contributed by atoms with E-state index in [-0.39, 0.29) is 62.6 Å².